The highest BCUT2D eigenvalue weighted by molar-refractivity contribution is 5.83. The summed E-state index contributed by atoms with van der Waals surface area (Å²) in [5.41, 5.74) is 0. The van der Waals surface area contributed by atoms with Gasteiger partial charge in [-0.2, -0.15) is 0 Å². The zero-order chi connectivity index (χ0) is 13.5. The van der Waals surface area contributed by atoms with Gasteiger partial charge in [0.2, 0.25) is 11.8 Å². The largest absolute Gasteiger partial charge is 0.355 e. The highest BCUT2D eigenvalue weighted by atomic mass is 16.2. The van der Waals surface area contributed by atoms with Gasteiger partial charge in [-0.05, 0) is 25.7 Å². The van der Waals surface area contributed by atoms with Gasteiger partial charge in [0.05, 0.1) is 5.92 Å². The van der Waals surface area contributed by atoms with Gasteiger partial charge in [-0.15, -0.1) is 0 Å². The first-order valence-electron chi connectivity index (χ1n) is 7.06. The molecule has 4 nitrogen and oxygen atoms in total. The van der Waals surface area contributed by atoms with E-state index in [0.29, 0.717) is 19.4 Å². The van der Waals surface area contributed by atoms with Crippen LogP contribution < -0.4 is 10.6 Å². The molecule has 2 amide bonds. The standard InChI is InChI=1S/C14H26N2O2/c1-10(2)5-4-6-11(3)16-14(18)12-7-8-13(17)15-9-12/h10-12H,4-9H2,1-3H3,(H,15,17)(H,16,18). The molecule has 1 rings (SSSR count). The fourth-order valence-electron chi connectivity index (χ4n) is 2.22. The molecular formula is C14H26N2O2. The number of carbonyl (C=O) groups is 2. The molecule has 0 saturated carbocycles. The van der Waals surface area contributed by atoms with Crippen LogP contribution in [0.2, 0.25) is 0 Å². The van der Waals surface area contributed by atoms with Gasteiger partial charge in [-0.25, -0.2) is 0 Å². The predicted octanol–water partition coefficient (Wildman–Crippen LogP) is 1.84. The SMILES string of the molecule is CC(C)CCCC(C)NC(=O)C1CCC(=O)NC1. The first-order valence-corrected chi connectivity index (χ1v) is 7.06. The van der Waals surface area contributed by atoms with Crippen LogP contribution in [-0.2, 0) is 9.59 Å². The first-order chi connectivity index (χ1) is 8.49. The molecule has 1 aliphatic rings. The van der Waals surface area contributed by atoms with Crippen LogP contribution in [0.3, 0.4) is 0 Å². The van der Waals surface area contributed by atoms with E-state index in [1.807, 2.05) is 0 Å². The Balaban J connectivity index is 2.20. The minimum absolute atomic E-state index is 0.0461. The van der Waals surface area contributed by atoms with Gasteiger partial charge in [0, 0.05) is 19.0 Å². The molecule has 0 aromatic heterocycles. The summed E-state index contributed by atoms with van der Waals surface area (Å²) in [6.07, 6.45) is 4.54. The van der Waals surface area contributed by atoms with Crippen LogP contribution in [0, 0.1) is 11.8 Å². The Labute approximate surface area is 110 Å². The molecule has 104 valence electrons. The van der Waals surface area contributed by atoms with E-state index in [1.165, 1.54) is 6.42 Å². The summed E-state index contributed by atoms with van der Waals surface area (Å²) in [4.78, 5) is 23.0. The van der Waals surface area contributed by atoms with E-state index in [-0.39, 0.29) is 23.8 Å². The molecule has 4 heteroatoms. The quantitative estimate of drug-likeness (QED) is 0.760. The molecule has 0 aliphatic carbocycles. The number of hydrogen-bond acceptors (Lipinski definition) is 2. The van der Waals surface area contributed by atoms with Crippen molar-refractivity contribution in [3.05, 3.63) is 0 Å². The minimum Gasteiger partial charge on any atom is -0.355 e. The molecule has 1 aliphatic heterocycles. The van der Waals surface area contributed by atoms with Crippen molar-refractivity contribution in [2.24, 2.45) is 11.8 Å². The molecule has 0 spiro atoms. The summed E-state index contributed by atoms with van der Waals surface area (Å²) in [5, 5.41) is 5.79. The zero-order valence-corrected chi connectivity index (χ0v) is 11.8. The lowest BCUT2D eigenvalue weighted by Gasteiger charge is -2.23. The highest BCUT2D eigenvalue weighted by Crippen LogP contribution is 2.12. The Kier molecular flexibility index (Phi) is 6.16. The van der Waals surface area contributed by atoms with E-state index in [2.05, 4.69) is 31.4 Å². The van der Waals surface area contributed by atoms with Crippen molar-refractivity contribution in [2.75, 3.05) is 6.54 Å². The molecule has 1 saturated heterocycles. The third-order valence-corrected chi connectivity index (χ3v) is 3.44. The van der Waals surface area contributed by atoms with E-state index in [0.717, 1.165) is 18.8 Å². The third kappa shape index (κ3) is 5.52. The molecule has 0 aromatic rings. The van der Waals surface area contributed by atoms with E-state index in [1.54, 1.807) is 0 Å². The molecular weight excluding hydrogens is 228 g/mol. The van der Waals surface area contributed by atoms with Gasteiger partial charge < -0.3 is 10.6 Å². The van der Waals surface area contributed by atoms with Crippen molar-refractivity contribution >= 4 is 11.8 Å². The Morgan fingerprint density at radius 1 is 1.39 bits per heavy atom. The van der Waals surface area contributed by atoms with E-state index in [4.69, 9.17) is 0 Å². The minimum atomic E-state index is -0.0461. The molecule has 2 atom stereocenters. The zero-order valence-electron chi connectivity index (χ0n) is 11.8. The second-order valence-corrected chi connectivity index (χ2v) is 5.77. The second-order valence-electron chi connectivity index (χ2n) is 5.77. The van der Waals surface area contributed by atoms with Crippen molar-refractivity contribution in [3.8, 4) is 0 Å². The normalized spacial score (nSPS) is 21.6. The second kappa shape index (κ2) is 7.39. The van der Waals surface area contributed by atoms with Gasteiger partial charge in [0.15, 0.2) is 0 Å². The summed E-state index contributed by atoms with van der Waals surface area (Å²) in [5.74, 6) is 0.827. The Morgan fingerprint density at radius 2 is 2.11 bits per heavy atom. The molecule has 2 unspecified atom stereocenters. The molecule has 0 aromatic carbocycles. The summed E-state index contributed by atoms with van der Waals surface area (Å²) >= 11 is 0. The molecule has 1 fully saturated rings. The summed E-state index contributed by atoms with van der Waals surface area (Å²) in [7, 11) is 0. The topological polar surface area (TPSA) is 58.2 Å². The van der Waals surface area contributed by atoms with Crippen LogP contribution in [-0.4, -0.2) is 24.4 Å². The Bertz CT molecular complexity index is 280. The lowest BCUT2D eigenvalue weighted by atomic mass is 9.97. The van der Waals surface area contributed by atoms with Gasteiger partial charge in [-0.1, -0.05) is 26.7 Å². The molecule has 2 N–H and O–H groups in total. The van der Waals surface area contributed by atoms with Gasteiger partial charge in [0.1, 0.15) is 0 Å². The van der Waals surface area contributed by atoms with E-state index < -0.39 is 0 Å². The smallest absolute Gasteiger partial charge is 0.225 e. The Hall–Kier alpha value is -1.06. The maximum absolute atomic E-state index is 11.9. The number of hydrogen-bond donors (Lipinski definition) is 2. The van der Waals surface area contributed by atoms with Crippen LogP contribution in [0.15, 0.2) is 0 Å². The third-order valence-electron chi connectivity index (χ3n) is 3.44. The number of carbonyl (C=O) groups excluding carboxylic acids is 2. The lowest BCUT2D eigenvalue weighted by molar-refractivity contribution is -0.129. The van der Waals surface area contributed by atoms with Crippen LogP contribution in [0.4, 0.5) is 0 Å². The van der Waals surface area contributed by atoms with Gasteiger partial charge in [0.25, 0.3) is 0 Å². The van der Waals surface area contributed by atoms with Crippen LogP contribution in [0.25, 0.3) is 0 Å². The molecule has 0 bridgehead atoms. The Morgan fingerprint density at radius 3 is 2.67 bits per heavy atom. The van der Waals surface area contributed by atoms with Crippen molar-refractivity contribution in [3.63, 3.8) is 0 Å². The van der Waals surface area contributed by atoms with Crippen molar-refractivity contribution in [1.29, 1.82) is 0 Å². The lowest BCUT2D eigenvalue weighted by Crippen LogP contribution is -2.45. The van der Waals surface area contributed by atoms with E-state index >= 15 is 0 Å². The van der Waals surface area contributed by atoms with Crippen LogP contribution in [0.1, 0.15) is 52.9 Å². The van der Waals surface area contributed by atoms with Gasteiger partial charge in [-0.3, -0.25) is 9.59 Å². The summed E-state index contributed by atoms with van der Waals surface area (Å²) in [6.45, 7) is 6.98. The number of piperidine rings is 1. The van der Waals surface area contributed by atoms with Gasteiger partial charge >= 0.3 is 0 Å². The van der Waals surface area contributed by atoms with Crippen molar-refractivity contribution in [2.45, 2.75) is 58.9 Å². The average Bonchev–Trinajstić information content (AvgIpc) is 2.29. The van der Waals surface area contributed by atoms with E-state index in [9.17, 15) is 9.59 Å². The van der Waals surface area contributed by atoms with Crippen molar-refractivity contribution < 1.29 is 9.59 Å². The summed E-state index contributed by atoms with van der Waals surface area (Å²) in [6, 6.07) is 0.230. The monoisotopic (exact) mass is 254 g/mol. The van der Waals surface area contributed by atoms with Crippen molar-refractivity contribution in [1.82, 2.24) is 10.6 Å². The number of nitrogens with one attached hydrogen (secondary N) is 2. The molecule has 0 radical (unpaired) electrons. The first kappa shape index (κ1) is 15.0. The predicted molar refractivity (Wildman–Crippen MR) is 72.0 cm³/mol. The molecule has 1 heterocycles. The average molecular weight is 254 g/mol. The maximum atomic E-state index is 11.9. The molecule has 18 heavy (non-hydrogen) atoms. The highest BCUT2D eigenvalue weighted by Gasteiger charge is 2.24. The maximum Gasteiger partial charge on any atom is 0.225 e. The number of rotatable bonds is 6. The van der Waals surface area contributed by atoms with Crippen LogP contribution >= 0.6 is 0 Å². The van der Waals surface area contributed by atoms with Crippen LogP contribution in [0.5, 0.6) is 0 Å². The fraction of sp³-hybridized carbons (Fsp3) is 0.857. The summed E-state index contributed by atoms with van der Waals surface area (Å²) < 4.78 is 0. The fourth-order valence-corrected chi connectivity index (χ4v) is 2.22. The number of amides is 2.